The molecule has 1 amide bonds. The average molecular weight is 392 g/mol. The zero-order valence-corrected chi connectivity index (χ0v) is 16.7. The quantitative estimate of drug-likeness (QED) is 0.624. The molecule has 29 heavy (non-hydrogen) atoms. The number of pyridine rings is 1. The van der Waals surface area contributed by atoms with Crippen LogP contribution in [0, 0.1) is 0 Å². The molecule has 1 saturated heterocycles. The number of likely N-dealkylation sites (tertiary alicyclic amines) is 1. The van der Waals surface area contributed by atoms with Gasteiger partial charge in [-0.15, -0.1) is 10.2 Å². The summed E-state index contributed by atoms with van der Waals surface area (Å²) in [6, 6.07) is 11.1. The van der Waals surface area contributed by atoms with Crippen LogP contribution in [0.25, 0.3) is 5.65 Å². The van der Waals surface area contributed by atoms with Crippen molar-refractivity contribution in [3.63, 3.8) is 0 Å². The van der Waals surface area contributed by atoms with Crippen LogP contribution in [0.4, 0.5) is 0 Å². The van der Waals surface area contributed by atoms with E-state index in [1.807, 2.05) is 33.7 Å². The molecule has 1 fully saturated rings. The zero-order chi connectivity index (χ0) is 20.4. The Morgan fingerprint density at radius 2 is 2.07 bits per heavy atom. The normalized spacial score (nSPS) is 16.8. The number of ketones is 1. The van der Waals surface area contributed by atoms with Gasteiger partial charge in [0.05, 0.1) is 13.5 Å². The Morgan fingerprint density at radius 3 is 2.86 bits per heavy atom. The largest absolute Gasteiger partial charge is 0.496 e. The van der Waals surface area contributed by atoms with Crippen LogP contribution in [0.5, 0.6) is 5.75 Å². The molecule has 0 saturated carbocycles. The van der Waals surface area contributed by atoms with Crippen LogP contribution in [-0.2, 0) is 11.2 Å². The predicted molar refractivity (Wildman–Crippen MR) is 108 cm³/mol. The Bertz CT molecular complexity index is 1060. The van der Waals surface area contributed by atoms with Gasteiger partial charge < -0.3 is 9.64 Å². The van der Waals surface area contributed by atoms with Crippen LogP contribution >= 0.6 is 0 Å². The lowest BCUT2D eigenvalue weighted by Gasteiger charge is -2.32. The van der Waals surface area contributed by atoms with Crippen molar-refractivity contribution in [1.82, 2.24) is 19.5 Å². The first kappa shape index (κ1) is 19.1. The van der Waals surface area contributed by atoms with E-state index in [1.54, 1.807) is 25.3 Å². The SMILES string of the molecule is COc1ccc(C(C)=O)cc1CC(=O)N1CCCC(c2nnc3ccccn23)C1. The van der Waals surface area contributed by atoms with E-state index < -0.39 is 0 Å². The summed E-state index contributed by atoms with van der Waals surface area (Å²) in [5, 5.41) is 8.61. The molecule has 1 aliphatic rings. The second-order valence-corrected chi connectivity index (χ2v) is 7.43. The average Bonchev–Trinajstić information content (AvgIpc) is 3.18. The maximum atomic E-state index is 13.0. The van der Waals surface area contributed by atoms with Gasteiger partial charge >= 0.3 is 0 Å². The maximum Gasteiger partial charge on any atom is 0.227 e. The summed E-state index contributed by atoms with van der Waals surface area (Å²) in [4.78, 5) is 26.6. The number of hydrogen-bond donors (Lipinski definition) is 0. The molecule has 1 aromatic carbocycles. The smallest absolute Gasteiger partial charge is 0.227 e. The molecule has 2 aromatic heterocycles. The fourth-order valence-electron chi connectivity index (χ4n) is 3.96. The van der Waals surface area contributed by atoms with Crippen LogP contribution in [0.2, 0.25) is 0 Å². The summed E-state index contributed by atoms with van der Waals surface area (Å²) in [6.07, 6.45) is 4.06. The van der Waals surface area contributed by atoms with Gasteiger partial charge in [0.2, 0.25) is 5.91 Å². The Labute approximate surface area is 169 Å². The van der Waals surface area contributed by atoms with E-state index >= 15 is 0 Å². The molecule has 3 aromatic rings. The van der Waals surface area contributed by atoms with Gasteiger partial charge in [0.15, 0.2) is 11.4 Å². The molecule has 1 unspecified atom stereocenters. The van der Waals surface area contributed by atoms with Crippen molar-refractivity contribution < 1.29 is 14.3 Å². The summed E-state index contributed by atoms with van der Waals surface area (Å²) < 4.78 is 7.39. The number of amides is 1. The van der Waals surface area contributed by atoms with E-state index in [0.717, 1.165) is 36.4 Å². The van der Waals surface area contributed by atoms with Crippen LogP contribution in [-0.4, -0.2) is 51.4 Å². The molecule has 150 valence electrons. The third-order valence-corrected chi connectivity index (χ3v) is 5.51. The van der Waals surface area contributed by atoms with Gasteiger partial charge in [-0.3, -0.25) is 14.0 Å². The first-order chi connectivity index (χ1) is 14.1. The van der Waals surface area contributed by atoms with E-state index in [4.69, 9.17) is 4.74 Å². The van der Waals surface area contributed by atoms with Gasteiger partial charge in [-0.25, -0.2) is 0 Å². The van der Waals surface area contributed by atoms with Gasteiger partial charge in [-0.2, -0.15) is 0 Å². The monoisotopic (exact) mass is 392 g/mol. The molecule has 0 aliphatic carbocycles. The number of methoxy groups -OCH3 is 1. The number of rotatable bonds is 5. The first-order valence-corrected chi connectivity index (χ1v) is 9.82. The molecule has 3 heterocycles. The van der Waals surface area contributed by atoms with Crippen molar-refractivity contribution in [2.24, 2.45) is 0 Å². The third kappa shape index (κ3) is 3.85. The summed E-state index contributed by atoms with van der Waals surface area (Å²) in [5.74, 6) is 1.67. The van der Waals surface area contributed by atoms with Crippen molar-refractivity contribution in [2.45, 2.75) is 32.1 Å². The predicted octanol–water partition coefficient (Wildman–Crippen LogP) is 2.89. The number of Topliss-reactive ketones (excluding diaryl/α,β-unsaturated/α-hetero) is 1. The molecule has 0 spiro atoms. The van der Waals surface area contributed by atoms with Crippen molar-refractivity contribution in [1.29, 1.82) is 0 Å². The molecule has 1 aliphatic heterocycles. The summed E-state index contributed by atoms with van der Waals surface area (Å²) in [7, 11) is 1.57. The molecular formula is C22H24N4O3. The zero-order valence-electron chi connectivity index (χ0n) is 16.7. The van der Waals surface area contributed by atoms with Crippen LogP contribution < -0.4 is 4.74 Å². The summed E-state index contributed by atoms with van der Waals surface area (Å²) in [6.45, 7) is 2.86. The number of hydrogen-bond acceptors (Lipinski definition) is 5. The highest BCUT2D eigenvalue weighted by Crippen LogP contribution is 2.27. The lowest BCUT2D eigenvalue weighted by atomic mass is 9.96. The van der Waals surface area contributed by atoms with Gasteiger partial charge in [0.1, 0.15) is 11.6 Å². The Balaban J connectivity index is 1.52. The number of benzene rings is 1. The fourth-order valence-corrected chi connectivity index (χ4v) is 3.96. The molecule has 7 nitrogen and oxygen atoms in total. The van der Waals surface area contributed by atoms with Gasteiger partial charge in [-0.1, -0.05) is 6.07 Å². The Morgan fingerprint density at radius 1 is 1.21 bits per heavy atom. The fraction of sp³-hybridized carbons (Fsp3) is 0.364. The van der Waals surface area contributed by atoms with E-state index in [9.17, 15) is 9.59 Å². The van der Waals surface area contributed by atoms with Crippen LogP contribution in [0.15, 0.2) is 42.6 Å². The molecule has 7 heteroatoms. The van der Waals surface area contributed by atoms with E-state index in [2.05, 4.69) is 10.2 Å². The molecule has 1 atom stereocenters. The number of carbonyl (C=O) groups excluding carboxylic acids is 2. The summed E-state index contributed by atoms with van der Waals surface area (Å²) >= 11 is 0. The van der Waals surface area contributed by atoms with E-state index in [1.165, 1.54) is 6.92 Å². The molecule has 0 bridgehead atoms. The van der Waals surface area contributed by atoms with Crippen molar-refractivity contribution in [2.75, 3.05) is 20.2 Å². The number of carbonyl (C=O) groups is 2. The first-order valence-electron chi connectivity index (χ1n) is 9.82. The van der Waals surface area contributed by atoms with Crippen LogP contribution in [0.3, 0.4) is 0 Å². The second kappa shape index (κ2) is 8.03. The number of aromatic nitrogens is 3. The minimum Gasteiger partial charge on any atom is -0.496 e. The second-order valence-electron chi connectivity index (χ2n) is 7.43. The lowest BCUT2D eigenvalue weighted by Crippen LogP contribution is -2.40. The van der Waals surface area contributed by atoms with Gasteiger partial charge in [-0.05, 0) is 50.1 Å². The molecular weight excluding hydrogens is 368 g/mol. The molecule has 0 radical (unpaired) electrons. The number of nitrogens with zero attached hydrogens (tertiary/aromatic N) is 4. The highest BCUT2D eigenvalue weighted by molar-refractivity contribution is 5.94. The highest BCUT2D eigenvalue weighted by Gasteiger charge is 2.28. The summed E-state index contributed by atoms with van der Waals surface area (Å²) in [5.41, 5.74) is 2.14. The Kier molecular flexibility index (Phi) is 5.29. The van der Waals surface area contributed by atoms with Crippen molar-refractivity contribution in [3.05, 3.63) is 59.5 Å². The van der Waals surface area contributed by atoms with E-state index in [-0.39, 0.29) is 24.0 Å². The number of fused-ring (bicyclic) bond motifs is 1. The number of ether oxygens (including phenoxy) is 1. The van der Waals surface area contributed by atoms with Crippen LogP contribution in [0.1, 0.15) is 47.4 Å². The van der Waals surface area contributed by atoms with Gasteiger partial charge in [0.25, 0.3) is 0 Å². The molecule has 0 N–H and O–H groups in total. The standard InChI is InChI=1S/C22H24N4O3/c1-15(27)16-8-9-19(29-2)18(12-16)13-21(28)25-10-5-6-17(14-25)22-24-23-20-7-3-4-11-26(20)22/h3-4,7-9,11-12,17H,5-6,10,13-14H2,1-2H3. The minimum absolute atomic E-state index is 0.0296. The third-order valence-electron chi connectivity index (χ3n) is 5.51. The maximum absolute atomic E-state index is 13.0. The lowest BCUT2D eigenvalue weighted by molar-refractivity contribution is -0.131. The van der Waals surface area contributed by atoms with Crippen molar-refractivity contribution >= 4 is 17.3 Å². The van der Waals surface area contributed by atoms with Crippen molar-refractivity contribution in [3.8, 4) is 5.75 Å². The minimum atomic E-state index is -0.0296. The highest BCUT2D eigenvalue weighted by atomic mass is 16.5. The molecule has 4 rings (SSSR count). The topological polar surface area (TPSA) is 76.8 Å². The number of piperidine rings is 1. The van der Waals surface area contributed by atoms with Gasteiger partial charge in [0, 0.05) is 36.3 Å². The Hall–Kier alpha value is -3.22. The van der Waals surface area contributed by atoms with E-state index in [0.29, 0.717) is 17.9 Å².